The molecule has 0 aliphatic heterocycles. The fraction of sp³-hybridized carbons (Fsp3) is 0.929. The summed E-state index contributed by atoms with van der Waals surface area (Å²) in [5.41, 5.74) is -0.237. The van der Waals surface area contributed by atoms with Crippen LogP contribution in [0.25, 0.3) is 0 Å². The molecule has 0 heterocycles. The van der Waals surface area contributed by atoms with E-state index in [1.165, 1.54) is 0 Å². The van der Waals surface area contributed by atoms with Crippen LogP contribution in [0.15, 0.2) is 0 Å². The molecule has 2 unspecified atom stereocenters. The van der Waals surface area contributed by atoms with Crippen LogP contribution in [0.4, 0.5) is 4.79 Å². The van der Waals surface area contributed by atoms with Gasteiger partial charge in [-0.05, 0) is 18.3 Å². The third-order valence-electron chi connectivity index (χ3n) is 2.65. The molecule has 0 aliphatic rings. The Labute approximate surface area is 117 Å². The van der Waals surface area contributed by atoms with Gasteiger partial charge in [-0.3, -0.25) is 0 Å². The van der Waals surface area contributed by atoms with E-state index in [-0.39, 0.29) is 24.0 Å². The Hall–Kier alpha value is -0.810. The maximum Gasteiger partial charge on any atom is 0.315 e. The van der Waals surface area contributed by atoms with Crippen LogP contribution < -0.4 is 10.6 Å². The minimum absolute atomic E-state index is 0.0504. The Morgan fingerprint density at radius 3 is 2.26 bits per heavy atom. The van der Waals surface area contributed by atoms with Crippen molar-refractivity contribution in [2.75, 3.05) is 19.8 Å². The highest BCUT2D eigenvalue weighted by molar-refractivity contribution is 5.74. The maximum atomic E-state index is 11.6. The van der Waals surface area contributed by atoms with E-state index in [0.29, 0.717) is 19.1 Å². The van der Waals surface area contributed by atoms with Crippen molar-refractivity contribution in [3.05, 3.63) is 0 Å². The molecule has 114 valence electrons. The molecule has 5 nitrogen and oxygen atoms in total. The van der Waals surface area contributed by atoms with Crippen LogP contribution in [0.5, 0.6) is 0 Å². The van der Waals surface area contributed by atoms with Gasteiger partial charge in [-0.15, -0.1) is 0 Å². The van der Waals surface area contributed by atoms with Crippen molar-refractivity contribution >= 4 is 6.03 Å². The predicted molar refractivity (Wildman–Crippen MR) is 77.1 cm³/mol. The van der Waals surface area contributed by atoms with Gasteiger partial charge in [-0.1, -0.05) is 34.6 Å². The molecule has 19 heavy (non-hydrogen) atoms. The molecule has 5 heteroatoms. The lowest BCUT2D eigenvalue weighted by atomic mass is 9.89. The molecule has 2 atom stereocenters. The number of carbonyl (C=O) groups excluding carboxylic acids is 1. The van der Waals surface area contributed by atoms with Crippen LogP contribution in [-0.4, -0.2) is 43.0 Å². The fourth-order valence-electron chi connectivity index (χ4n) is 1.29. The van der Waals surface area contributed by atoms with Gasteiger partial charge in [0.1, 0.15) is 0 Å². The molecule has 0 fully saturated rings. The van der Waals surface area contributed by atoms with Crippen molar-refractivity contribution < 1.29 is 14.6 Å². The Bertz CT molecular complexity index is 262. The molecule has 0 aromatic heterocycles. The smallest absolute Gasteiger partial charge is 0.315 e. The predicted octanol–water partition coefficient (Wildman–Crippen LogP) is 1.75. The molecule has 0 rings (SSSR count). The summed E-state index contributed by atoms with van der Waals surface area (Å²) in [4.78, 5) is 11.6. The molecule has 0 saturated carbocycles. The number of nitrogens with one attached hydrogen (secondary N) is 2. The normalized spacial score (nSPS) is 15.2. The third kappa shape index (κ3) is 9.73. The molecule has 3 N–H and O–H groups in total. The van der Waals surface area contributed by atoms with Crippen LogP contribution in [0.3, 0.4) is 0 Å². The standard InChI is InChI=1S/C14H30N2O3/c1-10(2)8-19-9-11(3)16-13(18)15-7-12(17)14(4,5)6/h10-12,17H,7-9H2,1-6H3,(H2,15,16,18). The SMILES string of the molecule is CC(C)COCC(C)NC(=O)NCC(O)C(C)(C)C. The number of aliphatic hydroxyl groups excluding tert-OH is 1. The summed E-state index contributed by atoms with van der Waals surface area (Å²) in [6.07, 6.45) is -0.564. The third-order valence-corrected chi connectivity index (χ3v) is 2.65. The first kappa shape index (κ1) is 18.2. The average molecular weight is 274 g/mol. The molecular weight excluding hydrogens is 244 g/mol. The van der Waals surface area contributed by atoms with Gasteiger partial charge >= 0.3 is 6.03 Å². The fourth-order valence-corrected chi connectivity index (χ4v) is 1.29. The second kappa shape index (κ2) is 8.38. The topological polar surface area (TPSA) is 70.6 Å². The summed E-state index contributed by atoms with van der Waals surface area (Å²) in [5, 5.41) is 15.2. The zero-order valence-corrected chi connectivity index (χ0v) is 13.1. The van der Waals surface area contributed by atoms with E-state index in [1.54, 1.807) is 0 Å². The van der Waals surface area contributed by atoms with Gasteiger partial charge in [0.25, 0.3) is 0 Å². The minimum atomic E-state index is -0.564. The summed E-state index contributed by atoms with van der Waals surface area (Å²) in [7, 11) is 0. The van der Waals surface area contributed by atoms with Gasteiger partial charge in [0.2, 0.25) is 0 Å². The number of carbonyl (C=O) groups is 1. The van der Waals surface area contributed by atoms with E-state index in [2.05, 4.69) is 24.5 Å². The Balaban J connectivity index is 3.79. The van der Waals surface area contributed by atoms with Crippen molar-refractivity contribution in [3.63, 3.8) is 0 Å². The van der Waals surface area contributed by atoms with Crippen LogP contribution >= 0.6 is 0 Å². The van der Waals surface area contributed by atoms with Crippen molar-refractivity contribution in [3.8, 4) is 0 Å². The van der Waals surface area contributed by atoms with Gasteiger partial charge in [-0.2, -0.15) is 0 Å². The van der Waals surface area contributed by atoms with Crippen LogP contribution in [0.1, 0.15) is 41.5 Å². The number of hydrogen-bond acceptors (Lipinski definition) is 3. The molecule has 0 spiro atoms. The number of ether oxygens (including phenoxy) is 1. The number of rotatable bonds is 7. The lowest BCUT2D eigenvalue weighted by molar-refractivity contribution is 0.0643. The summed E-state index contributed by atoms with van der Waals surface area (Å²) >= 11 is 0. The number of amides is 2. The van der Waals surface area contributed by atoms with E-state index >= 15 is 0 Å². The quantitative estimate of drug-likeness (QED) is 0.662. The average Bonchev–Trinajstić information content (AvgIpc) is 2.23. The largest absolute Gasteiger partial charge is 0.391 e. The summed E-state index contributed by atoms with van der Waals surface area (Å²) in [6, 6.07) is -0.325. The maximum absolute atomic E-state index is 11.6. The van der Waals surface area contributed by atoms with Gasteiger partial charge < -0.3 is 20.5 Å². The van der Waals surface area contributed by atoms with Crippen LogP contribution in [-0.2, 0) is 4.74 Å². The molecule has 0 radical (unpaired) electrons. The van der Waals surface area contributed by atoms with Crippen molar-refractivity contribution in [2.45, 2.75) is 53.7 Å². The Morgan fingerprint density at radius 2 is 1.79 bits per heavy atom. The Morgan fingerprint density at radius 1 is 1.21 bits per heavy atom. The Kier molecular flexibility index (Phi) is 8.02. The van der Waals surface area contributed by atoms with Crippen molar-refractivity contribution in [1.82, 2.24) is 10.6 Å². The summed E-state index contributed by atoms with van der Waals surface area (Å²) in [5.74, 6) is 0.489. The van der Waals surface area contributed by atoms with Gasteiger partial charge in [0.15, 0.2) is 0 Å². The second-order valence-corrected chi connectivity index (χ2v) is 6.57. The molecule has 0 saturated heterocycles. The lowest BCUT2D eigenvalue weighted by Gasteiger charge is -2.26. The van der Waals surface area contributed by atoms with Gasteiger partial charge in [-0.25, -0.2) is 4.79 Å². The van der Waals surface area contributed by atoms with E-state index in [9.17, 15) is 9.90 Å². The highest BCUT2D eigenvalue weighted by atomic mass is 16.5. The second-order valence-electron chi connectivity index (χ2n) is 6.57. The molecular formula is C14H30N2O3. The van der Waals surface area contributed by atoms with E-state index < -0.39 is 6.10 Å². The zero-order chi connectivity index (χ0) is 15.1. The molecule has 0 aliphatic carbocycles. The van der Waals surface area contributed by atoms with Gasteiger partial charge in [0, 0.05) is 13.2 Å². The molecule has 0 bridgehead atoms. The number of urea groups is 1. The van der Waals surface area contributed by atoms with E-state index in [1.807, 2.05) is 27.7 Å². The highest BCUT2D eigenvalue weighted by Crippen LogP contribution is 2.17. The summed E-state index contributed by atoms with van der Waals surface area (Å²) in [6.45, 7) is 13.3. The lowest BCUT2D eigenvalue weighted by Crippen LogP contribution is -2.47. The van der Waals surface area contributed by atoms with Crippen molar-refractivity contribution in [1.29, 1.82) is 0 Å². The van der Waals surface area contributed by atoms with E-state index in [4.69, 9.17) is 4.74 Å². The van der Waals surface area contributed by atoms with Crippen molar-refractivity contribution in [2.24, 2.45) is 11.3 Å². The monoisotopic (exact) mass is 274 g/mol. The first-order valence-electron chi connectivity index (χ1n) is 6.93. The number of hydrogen-bond donors (Lipinski definition) is 3. The molecule has 0 aromatic rings. The molecule has 0 aromatic carbocycles. The highest BCUT2D eigenvalue weighted by Gasteiger charge is 2.22. The zero-order valence-electron chi connectivity index (χ0n) is 13.1. The van der Waals surface area contributed by atoms with Crippen LogP contribution in [0, 0.1) is 11.3 Å². The molecule has 2 amide bonds. The number of aliphatic hydroxyl groups is 1. The first-order chi connectivity index (χ1) is 8.62. The first-order valence-corrected chi connectivity index (χ1v) is 6.93. The van der Waals surface area contributed by atoms with Gasteiger partial charge in [0.05, 0.1) is 18.8 Å². The van der Waals surface area contributed by atoms with Crippen LogP contribution in [0.2, 0.25) is 0 Å². The van der Waals surface area contributed by atoms with E-state index in [0.717, 1.165) is 0 Å². The summed E-state index contributed by atoms with van der Waals surface area (Å²) < 4.78 is 5.45. The minimum Gasteiger partial charge on any atom is -0.391 e.